The molecule has 1 unspecified atom stereocenters. The number of ether oxygens (including phenoxy) is 1. The molecular formula is C14H17N3O3. The Kier molecular flexibility index (Phi) is 3.31. The van der Waals surface area contributed by atoms with E-state index >= 15 is 0 Å². The van der Waals surface area contributed by atoms with Gasteiger partial charge in [-0.1, -0.05) is 0 Å². The number of aromatic nitrogens is 2. The molecule has 0 radical (unpaired) electrons. The molecule has 6 nitrogen and oxygen atoms in total. The van der Waals surface area contributed by atoms with Crippen LogP contribution in [-0.4, -0.2) is 40.7 Å². The smallest absolute Gasteiger partial charge is 0.257 e. The maximum atomic E-state index is 12.4. The van der Waals surface area contributed by atoms with E-state index in [9.17, 15) is 4.79 Å². The molecule has 2 aromatic rings. The number of hydrogen-bond acceptors (Lipinski definition) is 4. The van der Waals surface area contributed by atoms with Crippen molar-refractivity contribution in [3.8, 4) is 0 Å². The average Bonchev–Trinajstić information content (AvgIpc) is 3.07. The van der Waals surface area contributed by atoms with Crippen LogP contribution in [-0.2, 0) is 4.74 Å². The number of H-pyrrole nitrogens is 1. The van der Waals surface area contributed by atoms with Crippen LogP contribution in [0.5, 0.6) is 0 Å². The Hall–Kier alpha value is -2.08. The van der Waals surface area contributed by atoms with Crippen molar-refractivity contribution in [2.24, 2.45) is 0 Å². The van der Waals surface area contributed by atoms with E-state index in [1.807, 2.05) is 26.0 Å². The largest absolute Gasteiger partial charge is 0.464 e. The van der Waals surface area contributed by atoms with E-state index in [4.69, 9.17) is 9.15 Å². The molecule has 1 atom stereocenters. The third kappa shape index (κ3) is 2.34. The lowest BCUT2D eigenvalue weighted by Gasteiger charge is -2.31. The molecule has 20 heavy (non-hydrogen) atoms. The first-order chi connectivity index (χ1) is 9.65. The Balaban J connectivity index is 1.75. The quantitative estimate of drug-likeness (QED) is 0.907. The van der Waals surface area contributed by atoms with Crippen LogP contribution in [0.1, 0.15) is 33.7 Å². The van der Waals surface area contributed by atoms with Crippen molar-refractivity contribution >= 4 is 5.91 Å². The predicted octanol–water partition coefficient (Wildman–Crippen LogP) is 1.83. The minimum Gasteiger partial charge on any atom is -0.464 e. The van der Waals surface area contributed by atoms with Gasteiger partial charge in [0.2, 0.25) is 0 Å². The van der Waals surface area contributed by atoms with Crippen LogP contribution in [0.15, 0.2) is 22.7 Å². The average molecular weight is 275 g/mol. The summed E-state index contributed by atoms with van der Waals surface area (Å²) in [5, 5.41) is 6.68. The van der Waals surface area contributed by atoms with Crippen LogP contribution < -0.4 is 0 Å². The summed E-state index contributed by atoms with van der Waals surface area (Å²) >= 11 is 0. The molecule has 3 heterocycles. The lowest BCUT2D eigenvalue weighted by molar-refractivity contribution is -0.0324. The van der Waals surface area contributed by atoms with Crippen molar-refractivity contribution in [1.82, 2.24) is 15.1 Å². The van der Waals surface area contributed by atoms with Gasteiger partial charge in [0.25, 0.3) is 5.91 Å². The van der Waals surface area contributed by atoms with E-state index in [1.54, 1.807) is 11.1 Å². The Morgan fingerprint density at radius 1 is 1.45 bits per heavy atom. The molecule has 1 saturated heterocycles. The van der Waals surface area contributed by atoms with Gasteiger partial charge in [0.05, 0.1) is 24.9 Å². The van der Waals surface area contributed by atoms with Crippen LogP contribution in [0.4, 0.5) is 0 Å². The zero-order valence-corrected chi connectivity index (χ0v) is 11.5. The summed E-state index contributed by atoms with van der Waals surface area (Å²) in [5.74, 6) is 1.59. The molecule has 1 N–H and O–H groups in total. The molecule has 106 valence electrons. The number of aryl methyl sites for hydroxylation is 2. The van der Waals surface area contributed by atoms with Crippen LogP contribution in [0.2, 0.25) is 0 Å². The Bertz CT molecular complexity index is 617. The minimum atomic E-state index is -0.200. The molecule has 1 fully saturated rings. The maximum absolute atomic E-state index is 12.4. The first-order valence-electron chi connectivity index (χ1n) is 6.62. The fourth-order valence-corrected chi connectivity index (χ4v) is 2.37. The van der Waals surface area contributed by atoms with Crippen LogP contribution in [0.25, 0.3) is 0 Å². The van der Waals surface area contributed by atoms with Crippen LogP contribution >= 0.6 is 0 Å². The highest BCUT2D eigenvalue weighted by molar-refractivity contribution is 5.95. The number of carbonyl (C=O) groups excluding carboxylic acids is 1. The van der Waals surface area contributed by atoms with Crippen molar-refractivity contribution in [1.29, 1.82) is 0 Å². The number of carbonyl (C=O) groups is 1. The van der Waals surface area contributed by atoms with Gasteiger partial charge in [-0.2, -0.15) is 5.10 Å². The monoisotopic (exact) mass is 275 g/mol. The summed E-state index contributed by atoms with van der Waals surface area (Å²) in [5.41, 5.74) is 1.40. The fourth-order valence-electron chi connectivity index (χ4n) is 2.37. The second-order valence-electron chi connectivity index (χ2n) is 4.97. The Morgan fingerprint density at radius 2 is 2.30 bits per heavy atom. The molecule has 3 rings (SSSR count). The number of hydrogen-bond donors (Lipinski definition) is 1. The molecule has 1 aliphatic heterocycles. The SMILES string of the molecule is Cc1ccc(C2CN(C(=O)c3cn[nH]c3C)CCO2)o1. The van der Waals surface area contributed by atoms with Gasteiger partial charge in [0, 0.05) is 12.2 Å². The van der Waals surface area contributed by atoms with Crippen molar-refractivity contribution in [2.45, 2.75) is 20.0 Å². The summed E-state index contributed by atoms with van der Waals surface area (Å²) in [4.78, 5) is 14.2. The minimum absolute atomic E-state index is 0.0205. The van der Waals surface area contributed by atoms with Crippen molar-refractivity contribution in [3.05, 3.63) is 41.1 Å². The van der Waals surface area contributed by atoms with Crippen molar-refractivity contribution in [2.75, 3.05) is 19.7 Å². The molecule has 0 spiro atoms. The molecule has 6 heteroatoms. The van der Waals surface area contributed by atoms with Gasteiger partial charge in [0.1, 0.15) is 17.6 Å². The maximum Gasteiger partial charge on any atom is 0.257 e. The molecule has 1 amide bonds. The van der Waals surface area contributed by atoms with E-state index in [2.05, 4.69) is 10.2 Å². The van der Waals surface area contributed by atoms with Crippen LogP contribution in [0, 0.1) is 13.8 Å². The van der Waals surface area contributed by atoms with Gasteiger partial charge in [-0.15, -0.1) is 0 Å². The van der Waals surface area contributed by atoms with E-state index in [-0.39, 0.29) is 12.0 Å². The van der Waals surface area contributed by atoms with Crippen molar-refractivity contribution < 1.29 is 13.9 Å². The van der Waals surface area contributed by atoms with Crippen LogP contribution in [0.3, 0.4) is 0 Å². The van der Waals surface area contributed by atoms with Crippen molar-refractivity contribution in [3.63, 3.8) is 0 Å². The zero-order chi connectivity index (χ0) is 14.1. The number of nitrogens with zero attached hydrogens (tertiary/aromatic N) is 2. The predicted molar refractivity (Wildman–Crippen MR) is 71.4 cm³/mol. The third-order valence-electron chi connectivity index (χ3n) is 3.49. The topological polar surface area (TPSA) is 71.4 Å². The standard InChI is InChI=1S/C14H17N3O3/c1-9-3-4-12(20-9)13-8-17(5-6-19-13)14(18)11-7-15-16-10(11)2/h3-4,7,13H,5-6,8H2,1-2H3,(H,15,16). The number of nitrogens with one attached hydrogen (secondary N) is 1. The fraction of sp³-hybridized carbons (Fsp3) is 0.429. The Labute approximate surface area is 116 Å². The summed E-state index contributed by atoms with van der Waals surface area (Å²) in [6, 6.07) is 3.80. The highest BCUT2D eigenvalue weighted by Gasteiger charge is 2.28. The molecule has 0 saturated carbocycles. The lowest BCUT2D eigenvalue weighted by atomic mass is 10.1. The molecule has 1 aliphatic rings. The summed E-state index contributed by atoms with van der Waals surface area (Å²) in [6.07, 6.45) is 1.37. The van der Waals surface area contributed by atoms with Gasteiger partial charge in [-0.3, -0.25) is 9.89 Å². The van der Waals surface area contributed by atoms with E-state index in [1.165, 1.54) is 0 Å². The summed E-state index contributed by atoms with van der Waals surface area (Å²) in [6.45, 7) is 5.32. The van der Waals surface area contributed by atoms with Gasteiger partial charge in [0.15, 0.2) is 0 Å². The number of furan rings is 1. The van der Waals surface area contributed by atoms with E-state index in [0.29, 0.717) is 25.3 Å². The molecular weight excluding hydrogens is 258 g/mol. The first-order valence-corrected chi connectivity index (χ1v) is 6.62. The first kappa shape index (κ1) is 12.9. The van der Waals surface area contributed by atoms with E-state index in [0.717, 1.165) is 17.2 Å². The number of rotatable bonds is 2. The molecule has 0 bridgehead atoms. The number of aromatic amines is 1. The van der Waals surface area contributed by atoms with E-state index < -0.39 is 0 Å². The van der Waals surface area contributed by atoms with Gasteiger partial charge in [-0.25, -0.2) is 0 Å². The number of amides is 1. The lowest BCUT2D eigenvalue weighted by Crippen LogP contribution is -2.42. The highest BCUT2D eigenvalue weighted by atomic mass is 16.5. The third-order valence-corrected chi connectivity index (χ3v) is 3.49. The molecule has 0 aliphatic carbocycles. The second kappa shape index (κ2) is 5.13. The molecule has 2 aromatic heterocycles. The van der Waals surface area contributed by atoms with Gasteiger partial charge >= 0.3 is 0 Å². The normalized spacial score (nSPS) is 19.3. The second-order valence-corrected chi connectivity index (χ2v) is 4.97. The zero-order valence-electron chi connectivity index (χ0n) is 11.5. The van der Waals surface area contributed by atoms with Gasteiger partial charge in [-0.05, 0) is 26.0 Å². The summed E-state index contributed by atoms with van der Waals surface area (Å²) < 4.78 is 11.3. The summed E-state index contributed by atoms with van der Waals surface area (Å²) in [7, 11) is 0. The van der Waals surface area contributed by atoms with Gasteiger partial charge < -0.3 is 14.1 Å². The Morgan fingerprint density at radius 3 is 2.95 bits per heavy atom. The highest BCUT2D eigenvalue weighted by Crippen LogP contribution is 2.25. The molecule has 0 aromatic carbocycles. The number of morpholine rings is 1.